The fraction of sp³-hybridized carbons (Fsp3) is 0.688. The van der Waals surface area contributed by atoms with Crippen molar-refractivity contribution in [1.82, 2.24) is 10.2 Å². The zero-order valence-corrected chi connectivity index (χ0v) is 12.7. The number of hydrogen-bond donors (Lipinski definition) is 1. The molecule has 2 saturated heterocycles. The summed E-state index contributed by atoms with van der Waals surface area (Å²) >= 11 is 1.75. The first-order valence-electron chi connectivity index (χ1n) is 7.93. The molecule has 0 radical (unpaired) electrons. The summed E-state index contributed by atoms with van der Waals surface area (Å²) in [6, 6.07) is 2.17. The summed E-state index contributed by atoms with van der Waals surface area (Å²) in [7, 11) is 0. The maximum absolute atomic E-state index is 12.7. The van der Waals surface area contributed by atoms with E-state index in [2.05, 4.69) is 16.3 Å². The first kappa shape index (κ1) is 12.8. The minimum atomic E-state index is 0.289. The molecule has 2 atom stereocenters. The number of aryl methyl sites for hydroxylation is 2. The smallest absolute Gasteiger partial charge is 0.263 e. The topological polar surface area (TPSA) is 32.3 Å². The Balaban J connectivity index is 1.47. The van der Waals surface area contributed by atoms with E-state index in [1.54, 1.807) is 11.3 Å². The number of nitrogens with one attached hydrogen (secondary N) is 1. The van der Waals surface area contributed by atoms with Gasteiger partial charge in [-0.25, -0.2) is 0 Å². The molecule has 0 saturated carbocycles. The largest absolute Gasteiger partial charge is 0.338 e. The standard InChI is InChI=1S/C16H22N2OS/c19-16(15-8-11-2-1-3-14(11)20-15)18-6-4-12-9-17-10-13(12)5-7-18/h8,12-13,17H,1-7,9-10H2/t12-,13+. The van der Waals surface area contributed by atoms with Crippen molar-refractivity contribution in [2.75, 3.05) is 26.2 Å². The number of carbonyl (C=O) groups excluding carboxylic acids is 1. The Morgan fingerprint density at radius 2 is 1.95 bits per heavy atom. The molecular formula is C16H22N2OS. The number of fused-ring (bicyclic) bond motifs is 2. The lowest BCUT2D eigenvalue weighted by molar-refractivity contribution is 0.0763. The average Bonchev–Trinajstić information content (AvgIpc) is 3.11. The molecule has 1 aromatic rings. The highest BCUT2D eigenvalue weighted by Crippen LogP contribution is 2.32. The van der Waals surface area contributed by atoms with Crippen LogP contribution in [0.3, 0.4) is 0 Å². The maximum Gasteiger partial charge on any atom is 0.263 e. The van der Waals surface area contributed by atoms with Crippen molar-refractivity contribution in [2.24, 2.45) is 11.8 Å². The van der Waals surface area contributed by atoms with Crippen LogP contribution >= 0.6 is 11.3 Å². The Hall–Kier alpha value is -0.870. The van der Waals surface area contributed by atoms with E-state index in [-0.39, 0.29) is 5.91 Å². The monoisotopic (exact) mass is 290 g/mol. The van der Waals surface area contributed by atoms with E-state index in [0.717, 1.165) is 42.9 Å². The Morgan fingerprint density at radius 1 is 1.20 bits per heavy atom. The predicted molar refractivity (Wildman–Crippen MR) is 81.3 cm³/mol. The third kappa shape index (κ3) is 2.19. The molecule has 2 aliphatic heterocycles. The summed E-state index contributed by atoms with van der Waals surface area (Å²) in [6.45, 7) is 4.20. The lowest BCUT2D eigenvalue weighted by Crippen LogP contribution is -2.32. The average molecular weight is 290 g/mol. The summed E-state index contributed by atoms with van der Waals surface area (Å²) in [6.07, 6.45) is 5.98. The van der Waals surface area contributed by atoms with Gasteiger partial charge in [-0.3, -0.25) is 4.79 Å². The first-order valence-corrected chi connectivity index (χ1v) is 8.74. The molecule has 0 bridgehead atoms. The van der Waals surface area contributed by atoms with Gasteiger partial charge in [0.15, 0.2) is 0 Å². The fourth-order valence-corrected chi connectivity index (χ4v) is 5.23. The normalized spacial score (nSPS) is 29.1. The SMILES string of the molecule is O=C(c1cc2c(s1)CCC2)N1CC[C@@H]2CNC[C@@H]2CC1. The van der Waals surface area contributed by atoms with E-state index in [9.17, 15) is 4.79 Å². The first-order chi connectivity index (χ1) is 9.81. The van der Waals surface area contributed by atoms with Crippen LogP contribution in [-0.4, -0.2) is 37.0 Å². The Bertz CT molecular complexity index is 489. The van der Waals surface area contributed by atoms with Gasteiger partial charge < -0.3 is 10.2 Å². The molecule has 1 aromatic heterocycles. The molecule has 108 valence electrons. The van der Waals surface area contributed by atoms with Crippen molar-refractivity contribution in [2.45, 2.75) is 32.1 Å². The van der Waals surface area contributed by atoms with Crippen molar-refractivity contribution in [3.63, 3.8) is 0 Å². The van der Waals surface area contributed by atoms with Gasteiger partial charge in [-0.15, -0.1) is 11.3 Å². The van der Waals surface area contributed by atoms with Crippen LogP contribution in [0.25, 0.3) is 0 Å². The molecular weight excluding hydrogens is 268 g/mol. The van der Waals surface area contributed by atoms with E-state index in [0.29, 0.717) is 0 Å². The highest BCUT2D eigenvalue weighted by Gasteiger charge is 2.32. The van der Waals surface area contributed by atoms with Crippen molar-refractivity contribution < 1.29 is 4.79 Å². The van der Waals surface area contributed by atoms with Gasteiger partial charge in [0.2, 0.25) is 0 Å². The second-order valence-corrected chi connectivity index (χ2v) is 7.60. The molecule has 1 amide bonds. The zero-order chi connectivity index (χ0) is 13.5. The molecule has 0 aromatic carbocycles. The third-order valence-corrected chi connectivity index (χ3v) is 6.49. The summed E-state index contributed by atoms with van der Waals surface area (Å²) in [4.78, 5) is 17.3. The molecule has 3 heterocycles. The third-order valence-electron chi connectivity index (χ3n) is 5.26. The molecule has 4 rings (SSSR count). The quantitative estimate of drug-likeness (QED) is 0.861. The van der Waals surface area contributed by atoms with E-state index >= 15 is 0 Å². The van der Waals surface area contributed by atoms with Crippen molar-refractivity contribution >= 4 is 17.2 Å². The van der Waals surface area contributed by atoms with Gasteiger partial charge in [-0.1, -0.05) is 0 Å². The van der Waals surface area contributed by atoms with Crippen LogP contribution in [-0.2, 0) is 12.8 Å². The highest BCUT2D eigenvalue weighted by molar-refractivity contribution is 7.14. The van der Waals surface area contributed by atoms with Crippen LogP contribution in [0.5, 0.6) is 0 Å². The number of carbonyl (C=O) groups is 1. The van der Waals surface area contributed by atoms with E-state index < -0.39 is 0 Å². The van der Waals surface area contributed by atoms with Crippen LogP contribution in [0.4, 0.5) is 0 Å². The summed E-state index contributed by atoms with van der Waals surface area (Å²) in [5.74, 6) is 1.87. The van der Waals surface area contributed by atoms with Crippen LogP contribution in [0, 0.1) is 11.8 Å². The Labute approximate surface area is 124 Å². The number of nitrogens with zero attached hydrogens (tertiary/aromatic N) is 1. The number of hydrogen-bond acceptors (Lipinski definition) is 3. The van der Waals surface area contributed by atoms with Gasteiger partial charge >= 0.3 is 0 Å². The lowest BCUT2D eigenvalue weighted by atomic mass is 9.92. The molecule has 20 heavy (non-hydrogen) atoms. The van der Waals surface area contributed by atoms with Crippen molar-refractivity contribution in [1.29, 1.82) is 0 Å². The van der Waals surface area contributed by atoms with E-state index in [1.807, 2.05) is 0 Å². The summed E-state index contributed by atoms with van der Waals surface area (Å²) in [5.41, 5.74) is 1.44. The minimum absolute atomic E-state index is 0.289. The number of amides is 1. The number of rotatable bonds is 1. The molecule has 3 aliphatic rings. The van der Waals surface area contributed by atoms with Gasteiger partial charge in [0.25, 0.3) is 5.91 Å². The van der Waals surface area contributed by atoms with E-state index in [4.69, 9.17) is 0 Å². The predicted octanol–water partition coefficient (Wildman–Crippen LogP) is 2.31. The van der Waals surface area contributed by atoms with Gasteiger partial charge in [-0.05, 0) is 68.7 Å². The lowest BCUT2D eigenvalue weighted by Gasteiger charge is -2.20. The van der Waals surface area contributed by atoms with Gasteiger partial charge in [0.05, 0.1) is 4.88 Å². The maximum atomic E-state index is 12.7. The van der Waals surface area contributed by atoms with Crippen LogP contribution in [0.15, 0.2) is 6.07 Å². The number of likely N-dealkylation sites (tertiary alicyclic amines) is 1. The van der Waals surface area contributed by atoms with Crippen molar-refractivity contribution in [3.8, 4) is 0 Å². The second kappa shape index (κ2) is 5.15. The Kier molecular flexibility index (Phi) is 3.31. The molecule has 1 aliphatic carbocycles. The fourth-order valence-electron chi connectivity index (χ4n) is 4.01. The van der Waals surface area contributed by atoms with Crippen molar-refractivity contribution in [3.05, 3.63) is 21.4 Å². The highest BCUT2D eigenvalue weighted by atomic mass is 32.1. The van der Waals surface area contributed by atoms with Gasteiger partial charge in [-0.2, -0.15) is 0 Å². The molecule has 0 spiro atoms. The molecule has 2 fully saturated rings. The molecule has 4 heteroatoms. The van der Waals surface area contributed by atoms with E-state index in [1.165, 1.54) is 42.5 Å². The summed E-state index contributed by atoms with van der Waals surface area (Å²) in [5, 5.41) is 3.49. The minimum Gasteiger partial charge on any atom is -0.338 e. The number of thiophene rings is 1. The van der Waals surface area contributed by atoms with Crippen LogP contribution in [0.2, 0.25) is 0 Å². The second-order valence-electron chi connectivity index (χ2n) is 6.46. The molecule has 0 unspecified atom stereocenters. The summed E-state index contributed by atoms with van der Waals surface area (Å²) < 4.78 is 0. The van der Waals surface area contributed by atoms with Crippen LogP contribution < -0.4 is 5.32 Å². The Morgan fingerprint density at radius 3 is 2.65 bits per heavy atom. The molecule has 3 nitrogen and oxygen atoms in total. The van der Waals surface area contributed by atoms with Crippen LogP contribution in [0.1, 0.15) is 39.4 Å². The molecule has 1 N–H and O–H groups in total. The zero-order valence-electron chi connectivity index (χ0n) is 11.9. The van der Waals surface area contributed by atoms with Gasteiger partial charge in [0.1, 0.15) is 0 Å². The van der Waals surface area contributed by atoms with Gasteiger partial charge in [0, 0.05) is 18.0 Å².